The van der Waals surface area contributed by atoms with Crippen LogP contribution < -0.4 is 9.80 Å². The first-order valence-corrected chi connectivity index (χ1v) is 22.0. The van der Waals surface area contributed by atoms with Crippen LogP contribution in [0.3, 0.4) is 0 Å². The van der Waals surface area contributed by atoms with Gasteiger partial charge in [-0.1, -0.05) is 133 Å². The molecule has 0 unspecified atom stereocenters. The molecule has 2 aromatic heterocycles. The highest BCUT2D eigenvalue weighted by molar-refractivity contribution is 7.25. The molecule has 3 nitrogen and oxygen atoms in total. The van der Waals surface area contributed by atoms with Gasteiger partial charge in [-0.05, 0) is 119 Å². The molecule has 1 aliphatic heterocycles. The zero-order valence-corrected chi connectivity index (χ0v) is 34.4. The molecule has 290 valence electrons. The lowest BCUT2D eigenvalue weighted by Crippen LogP contribution is -2.11. The van der Waals surface area contributed by atoms with Gasteiger partial charge in [0.25, 0.3) is 0 Å². The molecule has 4 heteroatoms. The minimum atomic E-state index is 1.09. The quantitative estimate of drug-likeness (QED) is 0.176. The van der Waals surface area contributed by atoms with Crippen molar-refractivity contribution in [1.82, 2.24) is 4.57 Å². The van der Waals surface area contributed by atoms with E-state index in [1.54, 1.807) is 0 Å². The summed E-state index contributed by atoms with van der Waals surface area (Å²) in [5.41, 5.74) is 14.8. The Morgan fingerprint density at radius 3 is 1.37 bits per heavy atom. The predicted octanol–water partition coefficient (Wildman–Crippen LogP) is 16.9. The van der Waals surface area contributed by atoms with Gasteiger partial charge in [-0.25, -0.2) is 0 Å². The van der Waals surface area contributed by atoms with E-state index in [1.165, 1.54) is 58.4 Å². The van der Waals surface area contributed by atoms with E-state index in [0.29, 0.717) is 0 Å². The van der Waals surface area contributed by atoms with Crippen LogP contribution >= 0.6 is 11.3 Å². The molecular weight excluding hydrogens is 771 g/mol. The SMILES string of the molecule is c1cc2cc(c1)N(c1ccc3c(c1)sc1ccccc13)c1cccc(c1)-c1cccc(c1)N(c1ccc3c4ccccc4n(-c4cccc5ccccc45)c3c1)c1cccc-2c1. The predicted molar refractivity (Wildman–Crippen MR) is 265 cm³/mol. The summed E-state index contributed by atoms with van der Waals surface area (Å²) in [5.74, 6) is 0. The maximum Gasteiger partial charge on any atom is 0.0562 e. The molecule has 12 aromatic rings. The molecule has 10 aromatic carbocycles. The third kappa shape index (κ3) is 5.51. The summed E-state index contributed by atoms with van der Waals surface area (Å²) in [6.07, 6.45) is 0. The zero-order valence-electron chi connectivity index (χ0n) is 33.6. The van der Waals surface area contributed by atoms with Crippen LogP contribution in [0.1, 0.15) is 0 Å². The maximum atomic E-state index is 2.45. The third-order valence-electron chi connectivity index (χ3n) is 12.6. The molecular formula is C58H37N3S. The lowest BCUT2D eigenvalue weighted by atomic mass is 10.00. The molecule has 3 heterocycles. The van der Waals surface area contributed by atoms with Crippen molar-refractivity contribution in [3.63, 3.8) is 0 Å². The second-order valence-electron chi connectivity index (χ2n) is 16.2. The number of rotatable bonds is 3. The van der Waals surface area contributed by atoms with Crippen molar-refractivity contribution < 1.29 is 0 Å². The van der Waals surface area contributed by atoms with E-state index in [9.17, 15) is 0 Å². The fraction of sp³-hybridized carbons (Fsp3) is 0. The molecule has 0 fully saturated rings. The van der Waals surface area contributed by atoms with Crippen LogP contribution in [0.15, 0.2) is 224 Å². The van der Waals surface area contributed by atoms with Gasteiger partial charge in [0, 0.05) is 70.5 Å². The van der Waals surface area contributed by atoms with Gasteiger partial charge in [0.05, 0.1) is 16.7 Å². The van der Waals surface area contributed by atoms with Gasteiger partial charge in [0.1, 0.15) is 0 Å². The summed E-state index contributed by atoms with van der Waals surface area (Å²) in [6, 6.07) is 82.8. The molecule has 0 saturated heterocycles. The number of thiophene rings is 1. The number of nitrogens with zero attached hydrogens (tertiary/aromatic N) is 3. The molecule has 0 radical (unpaired) electrons. The summed E-state index contributed by atoms with van der Waals surface area (Å²) in [7, 11) is 0. The smallest absolute Gasteiger partial charge is 0.0562 e. The number of hydrogen-bond donors (Lipinski definition) is 0. The van der Waals surface area contributed by atoms with Gasteiger partial charge in [-0.2, -0.15) is 0 Å². The van der Waals surface area contributed by atoms with Crippen LogP contribution in [0.25, 0.3) is 80.7 Å². The minimum Gasteiger partial charge on any atom is -0.310 e. The van der Waals surface area contributed by atoms with E-state index in [0.717, 1.165) is 56.4 Å². The number of aromatic nitrogens is 1. The Bertz CT molecular complexity index is 3650. The molecule has 0 amide bonds. The van der Waals surface area contributed by atoms with Crippen molar-refractivity contribution in [2.45, 2.75) is 0 Å². The van der Waals surface area contributed by atoms with Crippen molar-refractivity contribution in [1.29, 1.82) is 0 Å². The number of fused-ring (bicyclic) bond motifs is 17. The Morgan fingerprint density at radius 1 is 0.274 bits per heavy atom. The van der Waals surface area contributed by atoms with Crippen molar-refractivity contribution in [3.05, 3.63) is 224 Å². The molecule has 62 heavy (non-hydrogen) atoms. The summed E-state index contributed by atoms with van der Waals surface area (Å²) >= 11 is 1.86. The largest absolute Gasteiger partial charge is 0.310 e. The Labute approximate surface area is 363 Å². The first-order valence-electron chi connectivity index (χ1n) is 21.2. The van der Waals surface area contributed by atoms with Gasteiger partial charge in [0.2, 0.25) is 0 Å². The van der Waals surface area contributed by atoms with E-state index in [4.69, 9.17) is 0 Å². The minimum absolute atomic E-state index is 1.09. The highest BCUT2D eigenvalue weighted by Gasteiger charge is 2.21. The van der Waals surface area contributed by atoms with Crippen LogP contribution in [-0.4, -0.2) is 4.57 Å². The zero-order chi connectivity index (χ0) is 40.7. The Balaban J connectivity index is 1.02. The molecule has 8 bridgehead atoms. The van der Waals surface area contributed by atoms with Gasteiger partial charge in [-0.15, -0.1) is 11.3 Å². The van der Waals surface area contributed by atoms with Crippen LogP contribution in [0.2, 0.25) is 0 Å². The number of hydrogen-bond acceptors (Lipinski definition) is 3. The number of para-hydroxylation sites is 1. The average molecular weight is 808 g/mol. The molecule has 0 saturated carbocycles. The summed E-state index contributed by atoms with van der Waals surface area (Å²) in [6.45, 7) is 0. The summed E-state index contributed by atoms with van der Waals surface area (Å²) in [5, 5.41) is 7.53. The monoisotopic (exact) mass is 807 g/mol. The average Bonchev–Trinajstić information content (AvgIpc) is 3.87. The third-order valence-corrected chi connectivity index (χ3v) is 13.8. The second-order valence-corrected chi connectivity index (χ2v) is 17.3. The number of anilines is 6. The van der Waals surface area contributed by atoms with Crippen LogP contribution in [0, 0.1) is 0 Å². The first kappa shape index (κ1) is 34.9. The lowest BCUT2D eigenvalue weighted by Gasteiger charge is -2.28. The fourth-order valence-electron chi connectivity index (χ4n) is 9.81. The first-order chi connectivity index (χ1) is 30.7. The van der Waals surface area contributed by atoms with Crippen molar-refractivity contribution in [2.75, 3.05) is 9.80 Å². The maximum absolute atomic E-state index is 2.45. The highest BCUT2D eigenvalue weighted by Crippen LogP contribution is 2.45. The van der Waals surface area contributed by atoms with Crippen LogP contribution in [-0.2, 0) is 0 Å². The Hall–Kier alpha value is -7.92. The fourth-order valence-corrected chi connectivity index (χ4v) is 10.9. The van der Waals surface area contributed by atoms with Crippen molar-refractivity contribution in [3.8, 4) is 27.9 Å². The van der Waals surface area contributed by atoms with E-state index < -0.39 is 0 Å². The molecule has 0 atom stereocenters. The Morgan fingerprint density at radius 2 is 0.726 bits per heavy atom. The van der Waals surface area contributed by atoms with Crippen molar-refractivity contribution >= 4 is 98.2 Å². The standard InChI is InChI=1S/C58H37N3S/c1-2-22-49-38(12-1)13-11-26-54(49)61-55-25-5-3-23-50(55)51-30-28-47(36-56(51)61)59-43-18-7-14-39(32-43)41-16-9-20-45(34-41)60(46-21-10-17-42(35-46)40-15-8-19-44(59)33-40)48-29-31-53-52-24-4-6-27-57(52)62-58(53)37-48/h1-37H. The van der Waals surface area contributed by atoms with Gasteiger partial charge in [0.15, 0.2) is 0 Å². The summed E-state index contributed by atoms with van der Waals surface area (Å²) in [4.78, 5) is 4.83. The Kier molecular flexibility index (Phi) is 7.78. The molecule has 13 rings (SSSR count). The van der Waals surface area contributed by atoms with E-state index in [1.807, 2.05) is 11.3 Å². The van der Waals surface area contributed by atoms with Crippen LogP contribution in [0.4, 0.5) is 34.1 Å². The molecule has 0 spiro atoms. The second kappa shape index (κ2) is 13.8. The number of benzene rings is 10. The van der Waals surface area contributed by atoms with E-state index >= 15 is 0 Å². The molecule has 1 aliphatic rings. The van der Waals surface area contributed by atoms with Gasteiger partial charge < -0.3 is 14.4 Å². The molecule has 0 aliphatic carbocycles. The van der Waals surface area contributed by atoms with E-state index in [2.05, 4.69) is 239 Å². The normalized spacial score (nSPS) is 12.5. The topological polar surface area (TPSA) is 11.4 Å². The van der Waals surface area contributed by atoms with Crippen molar-refractivity contribution in [2.24, 2.45) is 0 Å². The van der Waals surface area contributed by atoms with Crippen LogP contribution in [0.5, 0.6) is 0 Å². The van der Waals surface area contributed by atoms with E-state index in [-0.39, 0.29) is 0 Å². The van der Waals surface area contributed by atoms with Gasteiger partial charge in [-0.3, -0.25) is 0 Å². The summed E-state index contributed by atoms with van der Waals surface area (Å²) < 4.78 is 5.05. The highest BCUT2D eigenvalue weighted by atomic mass is 32.1. The molecule has 0 N–H and O–H groups in total. The van der Waals surface area contributed by atoms with Gasteiger partial charge >= 0.3 is 0 Å². The lowest BCUT2D eigenvalue weighted by molar-refractivity contribution is 1.19.